The maximum absolute atomic E-state index is 9.58. The fraction of sp³-hybridized carbons (Fsp3) is 0.100. The molecule has 0 bridgehead atoms. The molecule has 0 radical (unpaired) electrons. The number of H-pyrrole nitrogens is 1. The monoisotopic (exact) mass is 329 g/mol. The van der Waals surface area contributed by atoms with Crippen molar-refractivity contribution in [1.29, 1.82) is 5.26 Å². The van der Waals surface area contributed by atoms with E-state index in [-0.39, 0.29) is 6.61 Å². The molecule has 0 aliphatic rings. The Morgan fingerprint density at radius 1 is 1.32 bits per heavy atom. The minimum atomic E-state index is 0.139. The van der Waals surface area contributed by atoms with Crippen LogP contribution in [0.3, 0.4) is 0 Å². The first kappa shape index (κ1) is 16.2. The van der Waals surface area contributed by atoms with Gasteiger partial charge < -0.3 is 14.5 Å². The van der Waals surface area contributed by atoms with Crippen LogP contribution in [0.5, 0.6) is 11.5 Å². The number of nitrogens with zero attached hydrogens (tertiary/aromatic N) is 2. The molecule has 1 aromatic heterocycles. The number of allylic oxidation sites excluding steroid dienone is 1. The van der Waals surface area contributed by atoms with E-state index in [2.05, 4.69) is 22.0 Å². The van der Waals surface area contributed by atoms with Crippen LogP contribution in [0.15, 0.2) is 42.5 Å². The Morgan fingerprint density at radius 3 is 2.88 bits per heavy atom. The molecule has 3 aromatic rings. The van der Waals surface area contributed by atoms with Gasteiger partial charge in [-0.05, 0) is 36.4 Å². The number of imidazole rings is 1. The fourth-order valence-electron chi connectivity index (χ4n) is 2.41. The van der Waals surface area contributed by atoms with Crippen LogP contribution in [0.1, 0.15) is 11.4 Å². The van der Waals surface area contributed by atoms with Crippen molar-refractivity contribution in [3.63, 3.8) is 0 Å². The topological polar surface area (TPSA) is 70.9 Å². The van der Waals surface area contributed by atoms with Crippen LogP contribution in [0, 0.1) is 23.7 Å². The minimum Gasteiger partial charge on any atom is -0.497 e. The molecular formula is C20H15N3O2. The summed E-state index contributed by atoms with van der Waals surface area (Å²) in [6.07, 6.45) is 6.96. The first-order valence-corrected chi connectivity index (χ1v) is 7.56. The van der Waals surface area contributed by atoms with Gasteiger partial charge in [-0.2, -0.15) is 5.26 Å². The molecule has 0 spiro atoms. The third kappa shape index (κ3) is 3.46. The van der Waals surface area contributed by atoms with Crippen LogP contribution in [-0.2, 0) is 0 Å². The Kier molecular flexibility index (Phi) is 4.69. The predicted octanol–water partition coefficient (Wildman–Crippen LogP) is 3.65. The lowest BCUT2D eigenvalue weighted by Crippen LogP contribution is -1.97. The quantitative estimate of drug-likeness (QED) is 0.573. The lowest BCUT2D eigenvalue weighted by atomic mass is 10.1. The molecule has 5 heteroatoms. The van der Waals surface area contributed by atoms with Gasteiger partial charge in [-0.15, -0.1) is 6.42 Å². The zero-order valence-corrected chi connectivity index (χ0v) is 13.6. The molecule has 3 rings (SSSR count). The van der Waals surface area contributed by atoms with Crippen molar-refractivity contribution in [2.24, 2.45) is 0 Å². The summed E-state index contributed by atoms with van der Waals surface area (Å²) in [5.74, 6) is 4.15. The molecule has 0 aliphatic carbocycles. The van der Waals surface area contributed by atoms with Crippen molar-refractivity contribution in [1.82, 2.24) is 9.97 Å². The summed E-state index contributed by atoms with van der Waals surface area (Å²) in [5, 5.41) is 9.58. The van der Waals surface area contributed by atoms with E-state index in [0.29, 0.717) is 28.5 Å². The first-order valence-electron chi connectivity index (χ1n) is 7.56. The van der Waals surface area contributed by atoms with E-state index in [1.165, 1.54) is 0 Å². The molecule has 25 heavy (non-hydrogen) atoms. The highest BCUT2D eigenvalue weighted by molar-refractivity contribution is 5.91. The summed E-state index contributed by atoms with van der Waals surface area (Å²) in [6, 6.07) is 15.1. The van der Waals surface area contributed by atoms with Gasteiger partial charge in [0.05, 0.1) is 23.7 Å². The first-order chi connectivity index (χ1) is 12.2. The molecule has 0 saturated heterocycles. The second kappa shape index (κ2) is 7.25. The molecule has 1 N–H and O–H groups in total. The van der Waals surface area contributed by atoms with Crippen LogP contribution in [-0.4, -0.2) is 23.7 Å². The molecular weight excluding hydrogens is 314 g/mol. The predicted molar refractivity (Wildman–Crippen MR) is 96.9 cm³/mol. The Bertz CT molecular complexity index is 986. The van der Waals surface area contributed by atoms with E-state index in [1.54, 1.807) is 31.4 Å². The smallest absolute Gasteiger partial charge is 0.149 e. The summed E-state index contributed by atoms with van der Waals surface area (Å²) >= 11 is 0. The number of terminal acetylenes is 1. The number of methoxy groups -OCH3 is 1. The van der Waals surface area contributed by atoms with Crippen LogP contribution in [0.25, 0.3) is 22.7 Å². The fourth-order valence-corrected chi connectivity index (χ4v) is 2.41. The number of nitriles is 1. The molecule has 5 nitrogen and oxygen atoms in total. The molecule has 2 aromatic carbocycles. The Hall–Kier alpha value is -3.70. The number of aromatic nitrogens is 2. The van der Waals surface area contributed by atoms with Gasteiger partial charge in [0.15, 0.2) is 0 Å². The molecule has 0 atom stereocenters. The normalized spacial score (nSPS) is 10.9. The van der Waals surface area contributed by atoms with Crippen molar-refractivity contribution in [3.8, 4) is 29.9 Å². The van der Waals surface area contributed by atoms with E-state index in [0.717, 1.165) is 11.0 Å². The summed E-state index contributed by atoms with van der Waals surface area (Å²) in [6.45, 7) is 0.139. The van der Waals surface area contributed by atoms with E-state index < -0.39 is 0 Å². The number of rotatable bonds is 5. The molecule has 0 aliphatic heterocycles. The van der Waals surface area contributed by atoms with Crippen molar-refractivity contribution in [2.45, 2.75) is 0 Å². The average molecular weight is 329 g/mol. The Morgan fingerprint density at radius 2 is 2.16 bits per heavy atom. The van der Waals surface area contributed by atoms with Gasteiger partial charge in [0.25, 0.3) is 0 Å². The van der Waals surface area contributed by atoms with Gasteiger partial charge in [-0.1, -0.05) is 18.1 Å². The third-order valence-electron chi connectivity index (χ3n) is 3.59. The number of para-hydroxylation sites is 2. The van der Waals surface area contributed by atoms with Crippen molar-refractivity contribution in [2.75, 3.05) is 13.7 Å². The van der Waals surface area contributed by atoms with Crippen LogP contribution < -0.4 is 9.47 Å². The van der Waals surface area contributed by atoms with Gasteiger partial charge in [0.1, 0.15) is 30.0 Å². The average Bonchev–Trinajstić information content (AvgIpc) is 3.08. The zero-order chi connectivity index (χ0) is 17.6. The highest BCUT2D eigenvalue weighted by Crippen LogP contribution is 2.28. The SMILES string of the molecule is C#CCOc1ccc(OC)cc1/C=C(/C#N)c1nc2ccccc2[nH]1. The highest BCUT2D eigenvalue weighted by Gasteiger charge is 2.10. The Labute approximate surface area is 145 Å². The Balaban J connectivity index is 2.07. The summed E-state index contributed by atoms with van der Waals surface area (Å²) in [7, 11) is 1.58. The number of aromatic amines is 1. The zero-order valence-electron chi connectivity index (χ0n) is 13.6. The van der Waals surface area contributed by atoms with E-state index >= 15 is 0 Å². The van der Waals surface area contributed by atoms with Crippen LogP contribution in [0.4, 0.5) is 0 Å². The highest BCUT2D eigenvalue weighted by atomic mass is 16.5. The number of hydrogen-bond donors (Lipinski definition) is 1. The van der Waals surface area contributed by atoms with Crippen molar-refractivity contribution < 1.29 is 9.47 Å². The lowest BCUT2D eigenvalue weighted by Gasteiger charge is -2.09. The van der Waals surface area contributed by atoms with Gasteiger partial charge in [0.2, 0.25) is 0 Å². The molecule has 122 valence electrons. The largest absolute Gasteiger partial charge is 0.497 e. The molecule has 1 heterocycles. The van der Waals surface area contributed by atoms with Gasteiger partial charge in [-0.3, -0.25) is 0 Å². The van der Waals surface area contributed by atoms with Gasteiger partial charge in [0, 0.05) is 5.56 Å². The number of ether oxygens (including phenoxy) is 2. The molecule has 0 saturated carbocycles. The summed E-state index contributed by atoms with van der Waals surface area (Å²) in [5.41, 5.74) is 2.74. The molecule has 0 amide bonds. The second-order valence-electron chi connectivity index (χ2n) is 5.17. The van der Waals surface area contributed by atoms with Gasteiger partial charge >= 0.3 is 0 Å². The number of nitrogens with one attached hydrogen (secondary N) is 1. The second-order valence-corrected chi connectivity index (χ2v) is 5.17. The summed E-state index contributed by atoms with van der Waals surface area (Å²) < 4.78 is 10.8. The summed E-state index contributed by atoms with van der Waals surface area (Å²) in [4.78, 5) is 7.62. The maximum atomic E-state index is 9.58. The standard InChI is InChI=1S/C20H15N3O2/c1-3-10-25-19-9-8-16(24-2)12-14(19)11-15(13-21)20-22-17-6-4-5-7-18(17)23-20/h1,4-9,11-12H,10H2,2H3,(H,22,23)/b15-11-. The number of fused-ring (bicyclic) bond motifs is 1. The van der Waals surface area contributed by atoms with E-state index in [9.17, 15) is 5.26 Å². The van der Waals surface area contributed by atoms with E-state index in [1.807, 2.05) is 24.3 Å². The van der Waals surface area contributed by atoms with Crippen LogP contribution >= 0.6 is 0 Å². The lowest BCUT2D eigenvalue weighted by molar-refractivity contribution is 0.367. The minimum absolute atomic E-state index is 0.139. The van der Waals surface area contributed by atoms with Crippen molar-refractivity contribution >= 4 is 22.7 Å². The van der Waals surface area contributed by atoms with Crippen LogP contribution in [0.2, 0.25) is 0 Å². The van der Waals surface area contributed by atoms with Crippen molar-refractivity contribution in [3.05, 3.63) is 53.9 Å². The number of hydrogen-bond acceptors (Lipinski definition) is 4. The maximum Gasteiger partial charge on any atom is 0.149 e. The third-order valence-corrected chi connectivity index (χ3v) is 3.59. The molecule has 0 fully saturated rings. The number of benzene rings is 2. The van der Waals surface area contributed by atoms with Gasteiger partial charge in [-0.25, -0.2) is 4.98 Å². The van der Waals surface area contributed by atoms with E-state index in [4.69, 9.17) is 15.9 Å². The molecule has 0 unspecified atom stereocenters.